The van der Waals surface area contributed by atoms with E-state index in [1.54, 1.807) is 0 Å². The maximum atomic E-state index is 13.0. The molecule has 13 heteroatoms. The van der Waals surface area contributed by atoms with Gasteiger partial charge in [0.1, 0.15) is 0 Å². The van der Waals surface area contributed by atoms with Crippen molar-refractivity contribution in [2.75, 3.05) is 18.4 Å². The first kappa shape index (κ1) is 40.5. The molecular formula is C39H57N5O7S. The van der Waals surface area contributed by atoms with Crippen LogP contribution in [0.1, 0.15) is 105 Å². The molecule has 0 aromatic heterocycles. The van der Waals surface area contributed by atoms with Crippen molar-refractivity contribution in [3.05, 3.63) is 60.2 Å². The standard InChI is InChI=1S/C39H53N5O7S.2H2/c40-38(49)30-20-16-28(17-21-30)26-41-34(45)13-9-4-10-24-44-37(48)25-33(39(44)50)52-32-22-18-29(19-23-32)27-51-43-36(47)15-8-2-1-7-14-35(46)42-31-11-5-3-6-12-31;;/h3,5-6,11-12,18-19,22-23,28,30,33H,1-2,4,7-10,13-17,20-21,24-27H2,(H2,40,49)(H,41,45)(H,42,46)(H,43,47);2*1H. The minimum absolute atomic E-state index is 0. The van der Waals surface area contributed by atoms with Crippen LogP contribution in [0.3, 0.4) is 0 Å². The summed E-state index contributed by atoms with van der Waals surface area (Å²) in [5.41, 5.74) is 9.52. The van der Waals surface area contributed by atoms with Crippen LogP contribution in [-0.4, -0.2) is 58.7 Å². The molecule has 2 aromatic carbocycles. The Kier molecular flexibility index (Phi) is 17.1. The van der Waals surface area contributed by atoms with E-state index in [1.165, 1.54) is 16.7 Å². The Morgan fingerprint density at radius 2 is 1.42 bits per heavy atom. The summed E-state index contributed by atoms with van der Waals surface area (Å²) in [4.78, 5) is 80.9. The van der Waals surface area contributed by atoms with Crippen LogP contribution in [0.5, 0.6) is 0 Å². The Bertz CT molecular complexity index is 1490. The van der Waals surface area contributed by atoms with Crippen molar-refractivity contribution in [3.8, 4) is 0 Å². The van der Waals surface area contributed by atoms with Crippen molar-refractivity contribution in [2.24, 2.45) is 17.6 Å². The van der Waals surface area contributed by atoms with Gasteiger partial charge in [0.25, 0.3) is 0 Å². The lowest BCUT2D eigenvalue weighted by molar-refractivity contribution is -0.138. The van der Waals surface area contributed by atoms with Gasteiger partial charge in [-0.05, 0) is 87.1 Å². The molecule has 1 aliphatic carbocycles. The number of hydrogen-bond acceptors (Lipinski definition) is 8. The van der Waals surface area contributed by atoms with E-state index in [-0.39, 0.29) is 57.2 Å². The first-order valence-electron chi connectivity index (χ1n) is 18.6. The van der Waals surface area contributed by atoms with Gasteiger partial charge >= 0.3 is 0 Å². The molecule has 1 atom stereocenters. The number of primary amides is 1. The average Bonchev–Trinajstić information content (AvgIpc) is 3.40. The average molecular weight is 740 g/mol. The van der Waals surface area contributed by atoms with Gasteiger partial charge in [0.2, 0.25) is 35.4 Å². The van der Waals surface area contributed by atoms with Gasteiger partial charge in [0, 0.05) is 58.1 Å². The van der Waals surface area contributed by atoms with E-state index >= 15 is 0 Å². The first-order valence-corrected chi connectivity index (χ1v) is 19.5. The van der Waals surface area contributed by atoms with Crippen LogP contribution in [0.2, 0.25) is 0 Å². The van der Waals surface area contributed by atoms with Crippen LogP contribution < -0.4 is 21.8 Å². The second-order valence-corrected chi connectivity index (χ2v) is 15.0. The number of nitrogens with two attached hydrogens (primary N) is 1. The molecule has 0 radical (unpaired) electrons. The van der Waals surface area contributed by atoms with Gasteiger partial charge in [-0.2, -0.15) is 0 Å². The quantitative estimate of drug-likeness (QED) is 0.0656. The third kappa shape index (κ3) is 14.4. The second kappa shape index (κ2) is 22.0. The number of hydrogen-bond donors (Lipinski definition) is 4. The number of anilines is 1. The summed E-state index contributed by atoms with van der Waals surface area (Å²) in [6.07, 6.45) is 10.0. The minimum Gasteiger partial charge on any atom is -0.369 e. The molecule has 5 N–H and O–H groups in total. The van der Waals surface area contributed by atoms with Gasteiger partial charge < -0.3 is 16.4 Å². The van der Waals surface area contributed by atoms with Gasteiger partial charge in [-0.1, -0.05) is 49.6 Å². The molecule has 1 aliphatic heterocycles. The minimum atomic E-state index is -0.468. The molecule has 1 unspecified atom stereocenters. The SMILES string of the molecule is NC(=O)C1CCC(CNC(=O)CCCCCN2C(=O)CC(Sc3ccc(CONC(=O)CCCCCCC(=O)Nc4ccccc4)cc3)C2=O)CC1.[HH].[HH]. The fourth-order valence-electron chi connectivity index (χ4n) is 6.46. The Morgan fingerprint density at radius 1 is 0.788 bits per heavy atom. The summed E-state index contributed by atoms with van der Waals surface area (Å²) in [7, 11) is 0. The number of amides is 6. The maximum absolute atomic E-state index is 13.0. The van der Waals surface area contributed by atoms with Crippen molar-refractivity contribution in [3.63, 3.8) is 0 Å². The fraction of sp³-hybridized carbons (Fsp3) is 0.538. The fourth-order valence-corrected chi connectivity index (χ4v) is 7.53. The van der Waals surface area contributed by atoms with Crippen LogP contribution in [0.15, 0.2) is 59.5 Å². The van der Waals surface area contributed by atoms with Crippen molar-refractivity contribution in [2.45, 2.75) is 113 Å². The monoisotopic (exact) mass is 739 g/mol. The molecule has 0 spiro atoms. The van der Waals surface area contributed by atoms with Crippen molar-refractivity contribution in [1.29, 1.82) is 0 Å². The molecular weight excluding hydrogens is 683 g/mol. The molecule has 52 heavy (non-hydrogen) atoms. The van der Waals surface area contributed by atoms with Gasteiger partial charge in [-0.3, -0.25) is 38.5 Å². The number of carbonyl (C=O) groups excluding carboxylic acids is 6. The van der Waals surface area contributed by atoms with E-state index < -0.39 is 5.25 Å². The molecule has 4 rings (SSSR count). The summed E-state index contributed by atoms with van der Waals surface area (Å²) >= 11 is 1.37. The highest BCUT2D eigenvalue weighted by Gasteiger charge is 2.38. The number of carbonyl (C=O) groups is 6. The zero-order chi connectivity index (χ0) is 37.1. The lowest BCUT2D eigenvalue weighted by Crippen LogP contribution is -2.34. The topological polar surface area (TPSA) is 177 Å². The summed E-state index contributed by atoms with van der Waals surface area (Å²) in [5, 5.41) is 5.40. The largest absolute Gasteiger partial charge is 0.369 e. The van der Waals surface area contributed by atoms with Crippen LogP contribution in [0.25, 0.3) is 0 Å². The molecule has 2 aromatic rings. The highest BCUT2D eigenvalue weighted by atomic mass is 32.2. The number of hydroxylamine groups is 1. The number of thioether (sulfide) groups is 1. The zero-order valence-electron chi connectivity index (χ0n) is 29.9. The Labute approximate surface area is 313 Å². The van der Waals surface area contributed by atoms with Crippen LogP contribution in [0, 0.1) is 11.8 Å². The lowest BCUT2D eigenvalue weighted by Gasteiger charge is -2.26. The van der Waals surface area contributed by atoms with Crippen molar-refractivity contribution in [1.82, 2.24) is 15.7 Å². The molecule has 0 bridgehead atoms. The number of benzene rings is 2. The van der Waals surface area contributed by atoms with Gasteiger partial charge in [-0.15, -0.1) is 11.8 Å². The van der Waals surface area contributed by atoms with Crippen LogP contribution in [0.4, 0.5) is 5.69 Å². The van der Waals surface area contributed by atoms with E-state index in [4.69, 9.17) is 10.6 Å². The molecule has 12 nitrogen and oxygen atoms in total. The molecule has 6 amide bonds. The Morgan fingerprint density at radius 3 is 2.10 bits per heavy atom. The molecule has 1 saturated heterocycles. The molecule has 2 aliphatic rings. The molecule has 1 heterocycles. The summed E-state index contributed by atoms with van der Waals surface area (Å²) < 4.78 is 0. The number of rotatable bonds is 22. The van der Waals surface area contributed by atoms with E-state index in [0.717, 1.165) is 67.5 Å². The predicted octanol–water partition coefficient (Wildman–Crippen LogP) is 5.89. The number of likely N-dealkylation sites (tertiary alicyclic amines) is 1. The number of imide groups is 1. The third-order valence-corrected chi connectivity index (χ3v) is 10.8. The van der Waals surface area contributed by atoms with E-state index in [0.29, 0.717) is 57.5 Å². The highest BCUT2D eigenvalue weighted by Crippen LogP contribution is 2.32. The number of nitrogens with zero attached hydrogens (tertiary/aromatic N) is 1. The van der Waals surface area contributed by atoms with E-state index in [1.807, 2.05) is 54.6 Å². The summed E-state index contributed by atoms with van der Waals surface area (Å²) in [5.74, 6) is -0.425. The number of para-hydroxylation sites is 1. The Balaban J connectivity index is 0.00000504. The van der Waals surface area contributed by atoms with Crippen molar-refractivity contribution >= 4 is 52.9 Å². The molecule has 286 valence electrons. The van der Waals surface area contributed by atoms with Gasteiger partial charge in [0.05, 0.1) is 11.9 Å². The summed E-state index contributed by atoms with van der Waals surface area (Å²) in [6.45, 7) is 1.18. The van der Waals surface area contributed by atoms with Crippen LogP contribution in [-0.2, 0) is 40.2 Å². The van der Waals surface area contributed by atoms with Gasteiger partial charge in [0.15, 0.2) is 0 Å². The normalized spacial score (nSPS) is 18.6. The third-order valence-electron chi connectivity index (χ3n) is 9.57. The summed E-state index contributed by atoms with van der Waals surface area (Å²) in [6, 6.07) is 16.9. The molecule has 2 fully saturated rings. The smallest absolute Gasteiger partial charge is 0.243 e. The van der Waals surface area contributed by atoms with Crippen molar-refractivity contribution < 1.29 is 36.5 Å². The number of unbranched alkanes of at least 4 members (excludes halogenated alkanes) is 5. The van der Waals surface area contributed by atoms with E-state index in [9.17, 15) is 28.8 Å². The van der Waals surface area contributed by atoms with Gasteiger partial charge in [-0.25, -0.2) is 5.48 Å². The van der Waals surface area contributed by atoms with Crippen LogP contribution >= 0.6 is 11.8 Å². The van der Waals surface area contributed by atoms with E-state index in [2.05, 4.69) is 16.1 Å². The highest BCUT2D eigenvalue weighted by molar-refractivity contribution is 8.00. The Hall–Kier alpha value is -4.23. The number of nitrogens with one attached hydrogen (secondary N) is 3. The first-order chi connectivity index (χ1) is 25.2. The molecule has 1 saturated carbocycles. The maximum Gasteiger partial charge on any atom is 0.243 e. The second-order valence-electron chi connectivity index (χ2n) is 13.7. The predicted molar refractivity (Wildman–Crippen MR) is 203 cm³/mol. The zero-order valence-corrected chi connectivity index (χ0v) is 30.8. The lowest BCUT2D eigenvalue weighted by atomic mass is 9.81.